The van der Waals surface area contributed by atoms with Gasteiger partial charge in [-0.1, -0.05) is 26.2 Å². The average molecular weight is 379 g/mol. The molecule has 112 valence electrons. The van der Waals surface area contributed by atoms with Crippen molar-refractivity contribution < 1.29 is 0 Å². The van der Waals surface area contributed by atoms with Gasteiger partial charge in [0.25, 0.3) is 0 Å². The van der Waals surface area contributed by atoms with E-state index < -0.39 is 0 Å². The Kier molecular flexibility index (Phi) is 7.47. The maximum absolute atomic E-state index is 4.79. The minimum atomic E-state index is 0. The molecule has 3 nitrogen and oxygen atoms in total. The Balaban J connectivity index is 0.00000180. The first kappa shape index (κ1) is 17.1. The Hall–Kier alpha value is 0. The smallest absolute Gasteiger partial charge is 0.193 e. The summed E-state index contributed by atoms with van der Waals surface area (Å²) in [6, 6.07) is 0. The van der Waals surface area contributed by atoms with Gasteiger partial charge in [0.2, 0.25) is 0 Å². The highest BCUT2D eigenvalue weighted by Gasteiger charge is 2.43. The lowest BCUT2D eigenvalue weighted by Gasteiger charge is -2.38. The van der Waals surface area contributed by atoms with Crippen LogP contribution in [0.4, 0.5) is 0 Å². The highest BCUT2D eigenvalue weighted by Crippen LogP contribution is 2.47. The standard InChI is InChI=1S/C15H29N3.HI/c1-3-5-6-11-17-14(16-4-2)18-12-10-15(13-18)8-7-9-15;/h3-13H2,1-2H3,(H,16,17);1H. The molecule has 0 amide bonds. The minimum absolute atomic E-state index is 0. The van der Waals surface area contributed by atoms with Crippen molar-refractivity contribution in [3.63, 3.8) is 0 Å². The molecule has 0 unspecified atom stereocenters. The molecular formula is C15H30IN3. The molecule has 1 spiro atoms. The zero-order chi connectivity index (χ0) is 12.8. The third-order valence-corrected chi connectivity index (χ3v) is 4.51. The van der Waals surface area contributed by atoms with Crippen LogP contribution in [0.2, 0.25) is 0 Å². The highest BCUT2D eigenvalue weighted by atomic mass is 127. The number of guanidine groups is 1. The van der Waals surface area contributed by atoms with Crippen molar-refractivity contribution in [1.29, 1.82) is 0 Å². The van der Waals surface area contributed by atoms with Crippen molar-refractivity contribution in [2.75, 3.05) is 26.2 Å². The molecule has 0 aromatic heterocycles. The van der Waals surface area contributed by atoms with Gasteiger partial charge < -0.3 is 10.2 Å². The Labute approximate surface area is 135 Å². The molecule has 1 aliphatic carbocycles. The lowest BCUT2D eigenvalue weighted by atomic mass is 9.68. The van der Waals surface area contributed by atoms with E-state index in [4.69, 9.17) is 4.99 Å². The molecule has 2 fully saturated rings. The van der Waals surface area contributed by atoms with Gasteiger partial charge in [-0.2, -0.15) is 0 Å². The highest BCUT2D eigenvalue weighted by molar-refractivity contribution is 14.0. The summed E-state index contributed by atoms with van der Waals surface area (Å²) in [5, 5.41) is 3.46. The predicted molar refractivity (Wildman–Crippen MR) is 93.4 cm³/mol. The molecule has 2 rings (SSSR count). The van der Waals surface area contributed by atoms with E-state index in [0.717, 1.165) is 19.0 Å². The molecular weight excluding hydrogens is 349 g/mol. The predicted octanol–water partition coefficient (Wildman–Crippen LogP) is 3.64. The van der Waals surface area contributed by atoms with Gasteiger partial charge in [0.15, 0.2) is 5.96 Å². The normalized spacial score (nSPS) is 21.2. The molecule has 2 aliphatic rings. The van der Waals surface area contributed by atoms with Gasteiger partial charge in [-0.05, 0) is 38.0 Å². The van der Waals surface area contributed by atoms with Crippen LogP contribution in [0.1, 0.15) is 58.8 Å². The molecule has 1 aliphatic heterocycles. The molecule has 0 aromatic carbocycles. The van der Waals surface area contributed by atoms with E-state index in [1.54, 1.807) is 0 Å². The number of nitrogens with zero attached hydrogens (tertiary/aromatic N) is 2. The SMILES string of the molecule is CCCCCN=C(NCC)N1CCC2(CCC2)C1.I. The van der Waals surface area contributed by atoms with E-state index in [1.165, 1.54) is 58.0 Å². The van der Waals surface area contributed by atoms with Crippen molar-refractivity contribution in [2.45, 2.75) is 58.8 Å². The first-order chi connectivity index (χ1) is 8.79. The van der Waals surface area contributed by atoms with Gasteiger partial charge in [-0.3, -0.25) is 4.99 Å². The lowest BCUT2D eigenvalue weighted by molar-refractivity contribution is 0.151. The molecule has 4 heteroatoms. The summed E-state index contributed by atoms with van der Waals surface area (Å²) in [5.74, 6) is 1.16. The Morgan fingerprint density at radius 3 is 2.53 bits per heavy atom. The second-order valence-electron chi connectivity index (χ2n) is 5.97. The topological polar surface area (TPSA) is 27.6 Å². The van der Waals surface area contributed by atoms with Crippen molar-refractivity contribution in [1.82, 2.24) is 10.2 Å². The summed E-state index contributed by atoms with van der Waals surface area (Å²) >= 11 is 0. The summed E-state index contributed by atoms with van der Waals surface area (Å²) in [4.78, 5) is 7.28. The largest absolute Gasteiger partial charge is 0.357 e. The van der Waals surface area contributed by atoms with Crippen LogP contribution in [0.25, 0.3) is 0 Å². The molecule has 0 radical (unpaired) electrons. The summed E-state index contributed by atoms with van der Waals surface area (Å²) in [6.45, 7) is 8.83. The second-order valence-corrected chi connectivity index (χ2v) is 5.97. The quantitative estimate of drug-likeness (QED) is 0.342. The monoisotopic (exact) mass is 379 g/mol. The zero-order valence-corrected chi connectivity index (χ0v) is 14.9. The van der Waals surface area contributed by atoms with Crippen LogP contribution >= 0.6 is 24.0 Å². The second kappa shape index (κ2) is 8.32. The minimum Gasteiger partial charge on any atom is -0.357 e. The Bertz CT molecular complexity index is 287. The number of hydrogen-bond acceptors (Lipinski definition) is 1. The summed E-state index contributed by atoms with van der Waals surface area (Å²) in [7, 11) is 0. The van der Waals surface area contributed by atoms with Crippen LogP contribution in [0, 0.1) is 5.41 Å². The van der Waals surface area contributed by atoms with Gasteiger partial charge >= 0.3 is 0 Å². The first-order valence-electron chi connectivity index (χ1n) is 7.83. The van der Waals surface area contributed by atoms with Gasteiger partial charge in [0.1, 0.15) is 0 Å². The molecule has 1 saturated carbocycles. The van der Waals surface area contributed by atoms with Crippen LogP contribution in [-0.4, -0.2) is 37.0 Å². The fraction of sp³-hybridized carbons (Fsp3) is 0.933. The summed E-state index contributed by atoms with van der Waals surface area (Å²) < 4.78 is 0. The zero-order valence-electron chi connectivity index (χ0n) is 12.6. The molecule has 1 saturated heterocycles. The first-order valence-corrected chi connectivity index (χ1v) is 7.83. The molecule has 1 N–H and O–H groups in total. The van der Waals surface area contributed by atoms with E-state index in [0.29, 0.717) is 5.41 Å². The Morgan fingerprint density at radius 1 is 1.21 bits per heavy atom. The van der Waals surface area contributed by atoms with Gasteiger partial charge in [-0.15, -0.1) is 24.0 Å². The summed E-state index contributed by atoms with van der Waals surface area (Å²) in [5.41, 5.74) is 0.666. The van der Waals surface area contributed by atoms with Crippen LogP contribution in [0.5, 0.6) is 0 Å². The number of likely N-dealkylation sites (tertiary alicyclic amines) is 1. The van der Waals surface area contributed by atoms with Crippen LogP contribution in [-0.2, 0) is 0 Å². The fourth-order valence-corrected chi connectivity index (χ4v) is 3.17. The van der Waals surface area contributed by atoms with Crippen molar-refractivity contribution in [3.05, 3.63) is 0 Å². The number of unbranched alkanes of at least 4 members (excludes halogenated alkanes) is 2. The van der Waals surface area contributed by atoms with Gasteiger partial charge in [0, 0.05) is 26.2 Å². The van der Waals surface area contributed by atoms with E-state index in [9.17, 15) is 0 Å². The van der Waals surface area contributed by atoms with Crippen LogP contribution < -0.4 is 5.32 Å². The molecule has 0 atom stereocenters. The maximum Gasteiger partial charge on any atom is 0.193 e. The van der Waals surface area contributed by atoms with Gasteiger partial charge in [0.05, 0.1) is 0 Å². The Morgan fingerprint density at radius 2 is 2.00 bits per heavy atom. The number of aliphatic imine (C=N–C) groups is 1. The third kappa shape index (κ3) is 4.50. The molecule has 1 heterocycles. The van der Waals surface area contributed by atoms with Crippen molar-refractivity contribution in [3.8, 4) is 0 Å². The number of rotatable bonds is 5. The fourth-order valence-electron chi connectivity index (χ4n) is 3.17. The maximum atomic E-state index is 4.79. The molecule has 19 heavy (non-hydrogen) atoms. The van der Waals surface area contributed by atoms with Crippen molar-refractivity contribution in [2.24, 2.45) is 10.4 Å². The van der Waals surface area contributed by atoms with Crippen molar-refractivity contribution >= 4 is 29.9 Å². The van der Waals surface area contributed by atoms with E-state index in [1.807, 2.05) is 0 Å². The van der Waals surface area contributed by atoms with E-state index >= 15 is 0 Å². The summed E-state index contributed by atoms with van der Waals surface area (Å²) in [6.07, 6.45) is 9.51. The number of hydrogen-bond donors (Lipinski definition) is 1. The average Bonchev–Trinajstić information content (AvgIpc) is 2.78. The van der Waals surface area contributed by atoms with Crippen LogP contribution in [0.15, 0.2) is 4.99 Å². The molecule has 0 bridgehead atoms. The van der Waals surface area contributed by atoms with Crippen LogP contribution in [0.3, 0.4) is 0 Å². The van der Waals surface area contributed by atoms with E-state index in [-0.39, 0.29) is 24.0 Å². The number of halogens is 1. The third-order valence-electron chi connectivity index (χ3n) is 4.51. The lowest BCUT2D eigenvalue weighted by Crippen LogP contribution is -2.42. The van der Waals surface area contributed by atoms with E-state index in [2.05, 4.69) is 24.1 Å². The van der Waals surface area contributed by atoms with Gasteiger partial charge in [-0.25, -0.2) is 0 Å². The number of nitrogens with one attached hydrogen (secondary N) is 1. The molecule has 0 aromatic rings.